The molecular formula is C10H5Cl2O3S-. The molecule has 0 unspecified atom stereocenters. The quantitative estimate of drug-likeness (QED) is 0.864. The first-order valence-corrected chi connectivity index (χ1v) is 5.91. The first-order chi connectivity index (χ1) is 7.59. The summed E-state index contributed by atoms with van der Waals surface area (Å²) in [6, 6.07) is 3.51. The summed E-state index contributed by atoms with van der Waals surface area (Å²) in [7, 11) is 0. The summed E-state index contributed by atoms with van der Waals surface area (Å²) in [6.07, 6.45) is 0. The predicted octanol–water partition coefficient (Wildman–Crippen LogP) is 2.34. The molecule has 1 aromatic carbocycles. The first-order valence-electron chi connectivity index (χ1n) is 4.27. The molecule has 16 heavy (non-hydrogen) atoms. The Morgan fingerprint density at radius 2 is 2.19 bits per heavy atom. The molecule has 0 saturated carbocycles. The average Bonchev–Trinajstić information content (AvgIpc) is 2.69. The Bertz CT molecular complexity index is 550. The van der Waals surface area contributed by atoms with Gasteiger partial charge in [0.1, 0.15) is 17.4 Å². The third kappa shape index (κ3) is 2.09. The van der Waals surface area contributed by atoms with Crippen LogP contribution in [0.25, 0.3) is 10.1 Å². The number of ether oxygens (including phenoxy) is 1. The number of aliphatic carboxylic acids is 1. The van der Waals surface area contributed by atoms with Crippen molar-refractivity contribution in [3.8, 4) is 5.75 Å². The molecule has 0 saturated heterocycles. The monoisotopic (exact) mass is 275 g/mol. The number of benzene rings is 1. The number of rotatable bonds is 3. The van der Waals surface area contributed by atoms with E-state index in [0.29, 0.717) is 5.02 Å². The lowest BCUT2D eigenvalue weighted by Gasteiger charge is -2.10. The van der Waals surface area contributed by atoms with Crippen molar-refractivity contribution in [2.24, 2.45) is 0 Å². The maximum Gasteiger partial charge on any atom is 0.140 e. The minimum atomic E-state index is -1.31. The van der Waals surface area contributed by atoms with Gasteiger partial charge in [-0.3, -0.25) is 0 Å². The average molecular weight is 276 g/mol. The topological polar surface area (TPSA) is 49.4 Å². The number of carboxylic acid groups (broad SMARTS) is 1. The van der Waals surface area contributed by atoms with Crippen LogP contribution in [0.5, 0.6) is 5.75 Å². The van der Waals surface area contributed by atoms with Crippen molar-refractivity contribution in [3.63, 3.8) is 0 Å². The Hall–Kier alpha value is -0.970. The fourth-order valence-corrected chi connectivity index (χ4v) is 2.68. The number of hydrogen-bond acceptors (Lipinski definition) is 4. The van der Waals surface area contributed by atoms with Gasteiger partial charge < -0.3 is 14.6 Å². The fourth-order valence-electron chi connectivity index (χ4n) is 1.27. The van der Waals surface area contributed by atoms with Gasteiger partial charge in [-0.25, -0.2) is 0 Å². The van der Waals surface area contributed by atoms with Gasteiger partial charge in [-0.2, -0.15) is 0 Å². The molecule has 0 atom stereocenters. The lowest BCUT2D eigenvalue weighted by atomic mass is 10.2. The minimum absolute atomic E-state index is 0.220. The van der Waals surface area contributed by atoms with Gasteiger partial charge in [0.15, 0.2) is 0 Å². The van der Waals surface area contributed by atoms with Gasteiger partial charge in [-0.15, -0.1) is 11.3 Å². The van der Waals surface area contributed by atoms with Gasteiger partial charge in [0.25, 0.3) is 0 Å². The number of thiophene rings is 1. The molecule has 0 aliphatic rings. The first kappa shape index (κ1) is 11.5. The summed E-state index contributed by atoms with van der Waals surface area (Å²) < 4.78 is 5.84. The Labute approximate surface area is 105 Å². The third-order valence-electron chi connectivity index (χ3n) is 1.94. The summed E-state index contributed by atoms with van der Waals surface area (Å²) >= 11 is 13.4. The lowest BCUT2D eigenvalue weighted by molar-refractivity contribution is -0.307. The molecule has 0 spiro atoms. The third-order valence-corrected chi connectivity index (χ3v) is 3.85. The molecule has 0 bridgehead atoms. The number of carbonyl (C=O) groups excluding carboxylic acids is 1. The van der Waals surface area contributed by atoms with Crippen molar-refractivity contribution in [1.29, 1.82) is 0 Å². The molecule has 2 aromatic rings. The molecule has 1 heterocycles. The van der Waals surface area contributed by atoms with Crippen LogP contribution in [0.4, 0.5) is 0 Å². The number of hydrogen-bond donors (Lipinski definition) is 0. The number of halogens is 2. The summed E-state index contributed by atoms with van der Waals surface area (Å²) in [6.45, 7) is -0.550. The maximum absolute atomic E-state index is 10.3. The highest BCUT2D eigenvalue weighted by Crippen LogP contribution is 2.40. The SMILES string of the molecule is O=C([O-])COc1cc2ccsc2c(Cl)c1Cl. The molecule has 2 rings (SSSR count). The van der Waals surface area contributed by atoms with E-state index in [2.05, 4.69) is 0 Å². The second-order valence-corrected chi connectivity index (χ2v) is 4.67. The van der Waals surface area contributed by atoms with Crippen LogP contribution in [-0.4, -0.2) is 12.6 Å². The van der Waals surface area contributed by atoms with Crippen LogP contribution in [0.15, 0.2) is 17.5 Å². The van der Waals surface area contributed by atoms with Crippen molar-refractivity contribution in [2.45, 2.75) is 0 Å². The van der Waals surface area contributed by atoms with Gasteiger partial charge in [-0.1, -0.05) is 23.2 Å². The van der Waals surface area contributed by atoms with Gasteiger partial charge >= 0.3 is 0 Å². The van der Waals surface area contributed by atoms with Crippen LogP contribution in [0.3, 0.4) is 0 Å². The smallest absolute Gasteiger partial charge is 0.140 e. The second-order valence-electron chi connectivity index (χ2n) is 3.00. The van der Waals surface area contributed by atoms with E-state index in [4.69, 9.17) is 27.9 Å². The molecule has 0 amide bonds. The van der Waals surface area contributed by atoms with Gasteiger partial charge in [0.2, 0.25) is 0 Å². The van der Waals surface area contributed by atoms with E-state index in [9.17, 15) is 9.90 Å². The van der Waals surface area contributed by atoms with E-state index >= 15 is 0 Å². The molecular weight excluding hydrogens is 271 g/mol. The predicted molar refractivity (Wildman–Crippen MR) is 62.3 cm³/mol. The largest absolute Gasteiger partial charge is 0.546 e. The van der Waals surface area contributed by atoms with Gasteiger partial charge in [-0.05, 0) is 22.9 Å². The molecule has 0 aliphatic heterocycles. The van der Waals surface area contributed by atoms with Gasteiger partial charge in [0.05, 0.1) is 15.7 Å². The van der Waals surface area contributed by atoms with Crippen LogP contribution in [0, 0.1) is 0 Å². The number of carboxylic acids is 1. The zero-order valence-electron chi connectivity index (χ0n) is 7.83. The summed E-state index contributed by atoms with van der Waals surface area (Å²) in [5.74, 6) is -1.06. The maximum atomic E-state index is 10.3. The molecule has 84 valence electrons. The summed E-state index contributed by atoms with van der Waals surface area (Å²) in [4.78, 5) is 10.3. The summed E-state index contributed by atoms with van der Waals surface area (Å²) in [5, 5.41) is 13.6. The molecule has 0 N–H and O–H groups in total. The molecule has 0 aliphatic carbocycles. The zero-order valence-corrected chi connectivity index (χ0v) is 10.2. The van der Waals surface area contributed by atoms with Crippen molar-refractivity contribution >= 4 is 50.6 Å². The zero-order chi connectivity index (χ0) is 11.7. The highest BCUT2D eigenvalue weighted by Gasteiger charge is 2.12. The van der Waals surface area contributed by atoms with E-state index in [1.807, 2.05) is 11.4 Å². The highest BCUT2D eigenvalue weighted by molar-refractivity contribution is 7.18. The highest BCUT2D eigenvalue weighted by atomic mass is 35.5. The standard InChI is InChI=1S/C10H6Cl2O3S/c11-8-6(15-4-7(13)14)3-5-1-2-16-10(5)9(8)12/h1-3H,4H2,(H,13,14)/p-1. The number of carbonyl (C=O) groups is 1. The fraction of sp³-hybridized carbons (Fsp3) is 0.100. The van der Waals surface area contributed by atoms with E-state index in [-0.39, 0.29) is 10.8 Å². The van der Waals surface area contributed by atoms with E-state index in [0.717, 1.165) is 10.1 Å². The molecule has 0 fully saturated rings. The Morgan fingerprint density at radius 1 is 1.44 bits per heavy atom. The van der Waals surface area contributed by atoms with Crippen LogP contribution in [0.2, 0.25) is 10.0 Å². The number of fused-ring (bicyclic) bond motifs is 1. The van der Waals surface area contributed by atoms with Gasteiger partial charge in [0, 0.05) is 0 Å². The molecule has 3 nitrogen and oxygen atoms in total. The van der Waals surface area contributed by atoms with E-state index in [1.54, 1.807) is 6.07 Å². The Kier molecular flexibility index (Phi) is 3.23. The van der Waals surface area contributed by atoms with Crippen molar-refractivity contribution < 1.29 is 14.6 Å². The van der Waals surface area contributed by atoms with Crippen molar-refractivity contribution in [3.05, 3.63) is 27.6 Å². The lowest BCUT2D eigenvalue weighted by Crippen LogP contribution is -2.29. The van der Waals surface area contributed by atoms with Crippen LogP contribution < -0.4 is 9.84 Å². The van der Waals surface area contributed by atoms with E-state index < -0.39 is 12.6 Å². The van der Waals surface area contributed by atoms with Crippen LogP contribution in [-0.2, 0) is 4.79 Å². The van der Waals surface area contributed by atoms with E-state index in [1.165, 1.54) is 11.3 Å². The van der Waals surface area contributed by atoms with Crippen molar-refractivity contribution in [1.82, 2.24) is 0 Å². The molecule has 6 heteroatoms. The second kappa shape index (κ2) is 4.49. The minimum Gasteiger partial charge on any atom is -0.546 e. The normalized spacial score (nSPS) is 10.6. The summed E-state index contributed by atoms with van der Waals surface area (Å²) in [5.41, 5.74) is 0. The molecule has 0 radical (unpaired) electrons. The molecule has 1 aromatic heterocycles. The van der Waals surface area contributed by atoms with Crippen LogP contribution in [0.1, 0.15) is 0 Å². The Morgan fingerprint density at radius 3 is 2.88 bits per heavy atom. The van der Waals surface area contributed by atoms with Crippen LogP contribution >= 0.6 is 34.5 Å². The Balaban J connectivity index is 2.44. The van der Waals surface area contributed by atoms with Crippen molar-refractivity contribution in [2.75, 3.05) is 6.61 Å².